The number of aromatic nitrogens is 1. The number of fused-ring (bicyclic) bond motifs is 1. The summed E-state index contributed by atoms with van der Waals surface area (Å²) in [5.41, 5.74) is 1.63. The molecular weight excluding hydrogens is 479 g/mol. The van der Waals surface area contributed by atoms with Gasteiger partial charge in [-0.2, -0.15) is 13.1 Å². The van der Waals surface area contributed by atoms with E-state index < -0.39 is 21.9 Å². The lowest BCUT2D eigenvalue weighted by Gasteiger charge is -2.16. The highest BCUT2D eigenvalue weighted by atomic mass is 35.5. The van der Waals surface area contributed by atoms with Gasteiger partial charge in [-0.05, 0) is 47.9 Å². The molecule has 1 fully saturated rings. The number of carbonyl (C=O) groups excluding carboxylic acids is 1. The summed E-state index contributed by atoms with van der Waals surface area (Å²) in [6.07, 6.45) is 1.69. The molecule has 0 atom stereocenters. The first-order valence-electron chi connectivity index (χ1n) is 10.4. The van der Waals surface area contributed by atoms with Crippen molar-refractivity contribution in [3.8, 4) is 11.3 Å². The second-order valence-corrected chi connectivity index (χ2v) is 9.75. The van der Waals surface area contributed by atoms with Gasteiger partial charge >= 0.3 is 10.2 Å². The number of hydrogen-bond donors (Lipinski definition) is 2. The first-order valence-corrected chi connectivity index (χ1v) is 12.2. The Morgan fingerprint density at radius 3 is 2.68 bits per heavy atom. The van der Waals surface area contributed by atoms with Gasteiger partial charge in [-0.1, -0.05) is 35.9 Å². The van der Waals surface area contributed by atoms with Crippen LogP contribution in [0, 0.1) is 5.82 Å². The summed E-state index contributed by atoms with van der Waals surface area (Å²) in [6.45, 7) is 0.416. The summed E-state index contributed by atoms with van der Waals surface area (Å²) in [4.78, 5) is 17.3. The van der Waals surface area contributed by atoms with Crippen LogP contribution >= 0.6 is 11.6 Å². The third kappa shape index (κ3) is 4.09. The Morgan fingerprint density at radius 2 is 1.91 bits per heavy atom. The Morgan fingerprint density at radius 1 is 1.09 bits per heavy atom. The van der Waals surface area contributed by atoms with E-state index in [1.165, 1.54) is 12.1 Å². The maximum Gasteiger partial charge on any atom is 0.301 e. The zero-order chi connectivity index (χ0) is 23.9. The number of carbonyl (C=O) groups is 1. The van der Waals surface area contributed by atoms with Gasteiger partial charge in [0.1, 0.15) is 5.82 Å². The monoisotopic (exact) mass is 496 g/mol. The largest absolute Gasteiger partial charge is 0.322 e. The van der Waals surface area contributed by atoms with Crippen LogP contribution in [0.25, 0.3) is 22.0 Å². The molecule has 3 aromatic carbocycles. The molecule has 7 nitrogen and oxygen atoms in total. The summed E-state index contributed by atoms with van der Waals surface area (Å²) in [5.74, 6) is -1.51. The smallest absolute Gasteiger partial charge is 0.301 e. The molecule has 0 spiro atoms. The van der Waals surface area contributed by atoms with E-state index in [1.807, 2.05) is 30.3 Å². The van der Waals surface area contributed by atoms with Gasteiger partial charge in [0.05, 0.1) is 22.0 Å². The van der Waals surface area contributed by atoms with Crippen LogP contribution in [0.4, 0.5) is 15.8 Å². The molecule has 1 aliphatic heterocycles. The number of rotatable bonds is 4. The lowest BCUT2D eigenvalue weighted by Crippen LogP contribution is -2.29. The third-order valence-corrected chi connectivity index (χ3v) is 7.40. The number of hydrogen-bond acceptors (Lipinski definition) is 4. The summed E-state index contributed by atoms with van der Waals surface area (Å²) in [5, 5.41) is 5.04. The Hall–Kier alpha value is -3.53. The van der Waals surface area contributed by atoms with Gasteiger partial charge in [-0.15, -0.1) is 0 Å². The average Bonchev–Trinajstić information content (AvgIpc) is 3.18. The fraction of sp³-hybridized carbons (Fsp3) is 0.0833. The van der Waals surface area contributed by atoms with Crippen LogP contribution in [0.2, 0.25) is 5.02 Å². The van der Waals surface area contributed by atoms with Crippen LogP contribution in [-0.2, 0) is 10.2 Å². The van der Waals surface area contributed by atoms with Crippen molar-refractivity contribution in [3.05, 3.63) is 89.3 Å². The van der Waals surface area contributed by atoms with Crippen LogP contribution in [-0.4, -0.2) is 32.4 Å². The molecule has 34 heavy (non-hydrogen) atoms. The van der Waals surface area contributed by atoms with Gasteiger partial charge in [-0.25, -0.2) is 4.39 Å². The summed E-state index contributed by atoms with van der Waals surface area (Å²) in [7, 11) is -3.69. The number of nitrogens with zero attached hydrogens (tertiary/aromatic N) is 2. The van der Waals surface area contributed by atoms with Crippen molar-refractivity contribution in [2.75, 3.05) is 22.7 Å². The maximum absolute atomic E-state index is 14.8. The number of nitrogens with one attached hydrogen (secondary N) is 2. The molecule has 4 aromatic rings. The SMILES string of the molecule is O=C(Nc1ccc(Cl)c(-c2nccc3ccccc23)c1)c1ccc(N2CCNS2(=O)=O)cc1F. The maximum atomic E-state index is 14.8. The van der Waals surface area contributed by atoms with Crippen LogP contribution in [0.3, 0.4) is 0 Å². The van der Waals surface area contributed by atoms with Gasteiger partial charge in [0.25, 0.3) is 5.91 Å². The van der Waals surface area contributed by atoms with Crippen LogP contribution in [0.1, 0.15) is 10.4 Å². The quantitative estimate of drug-likeness (QED) is 0.432. The van der Waals surface area contributed by atoms with Crippen molar-refractivity contribution in [3.63, 3.8) is 0 Å². The third-order valence-electron chi connectivity index (χ3n) is 5.53. The molecule has 0 saturated carbocycles. The fourth-order valence-electron chi connectivity index (χ4n) is 3.90. The second-order valence-electron chi connectivity index (χ2n) is 7.67. The molecule has 0 aliphatic carbocycles. The Balaban J connectivity index is 1.44. The molecule has 1 saturated heterocycles. The Bertz CT molecular complexity index is 1540. The number of amides is 1. The van der Waals surface area contributed by atoms with Crippen molar-refractivity contribution >= 4 is 49.9 Å². The van der Waals surface area contributed by atoms with E-state index in [2.05, 4.69) is 15.0 Å². The summed E-state index contributed by atoms with van der Waals surface area (Å²) in [6, 6.07) is 18.3. The lowest BCUT2D eigenvalue weighted by molar-refractivity contribution is 0.102. The highest BCUT2D eigenvalue weighted by molar-refractivity contribution is 7.91. The minimum atomic E-state index is -3.69. The first-order chi connectivity index (χ1) is 16.3. The Kier molecular flexibility index (Phi) is 5.68. The topological polar surface area (TPSA) is 91.4 Å². The van der Waals surface area contributed by atoms with Crippen molar-refractivity contribution in [2.24, 2.45) is 0 Å². The molecule has 0 radical (unpaired) electrons. The Labute approximate surface area is 200 Å². The van der Waals surface area contributed by atoms with E-state index in [1.54, 1.807) is 24.4 Å². The zero-order valence-electron chi connectivity index (χ0n) is 17.6. The van der Waals surface area contributed by atoms with E-state index in [9.17, 15) is 17.6 Å². The van der Waals surface area contributed by atoms with Crippen LogP contribution in [0.15, 0.2) is 72.9 Å². The van der Waals surface area contributed by atoms with Crippen molar-refractivity contribution in [1.82, 2.24) is 9.71 Å². The highest BCUT2D eigenvalue weighted by Gasteiger charge is 2.28. The standard InChI is InChI=1S/C24H18ClFN4O3S/c25-21-8-5-16(13-20(21)23-18-4-2-1-3-15(18)9-10-27-23)29-24(31)19-7-6-17(14-22(19)26)30-12-11-28-34(30,32)33/h1-10,13-14,28H,11-12H2,(H,29,31). The van der Waals surface area contributed by atoms with Crippen molar-refractivity contribution in [1.29, 1.82) is 0 Å². The van der Waals surface area contributed by atoms with E-state index in [4.69, 9.17) is 11.6 Å². The molecular formula is C24H18ClFN4O3S. The molecule has 2 heterocycles. The molecule has 0 unspecified atom stereocenters. The predicted octanol–water partition coefficient (Wildman–Crippen LogP) is 4.60. The van der Waals surface area contributed by atoms with Crippen LogP contribution in [0.5, 0.6) is 0 Å². The van der Waals surface area contributed by atoms with Crippen molar-refractivity contribution in [2.45, 2.75) is 0 Å². The zero-order valence-corrected chi connectivity index (χ0v) is 19.2. The van der Waals surface area contributed by atoms with Gasteiger partial charge in [0.2, 0.25) is 0 Å². The summed E-state index contributed by atoms with van der Waals surface area (Å²) < 4.78 is 42.1. The van der Waals surface area contributed by atoms with Gasteiger partial charge < -0.3 is 5.32 Å². The van der Waals surface area contributed by atoms with Gasteiger partial charge in [0.15, 0.2) is 0 Å². The second kappa shape index (κ2) is 8.68. The number of pyridine rings is 1. The molecule has 172 valence electrons. The average molecular weight is 497 g/mol. The molecule has 2 N–H and O–H groups in total. The molecule has 0 bridgehead atoms. The van der Waals surface area contributed by atoms with Crippen molar-refractivity contribution < 1.29 is 17.6 Å². The van der Waals surface area contributed by atoms with E-state index in [-0.39, 0.29) is 24.3 Å². The molecule has 1 amide bonds. The number of benzene rings is 3. The molecule has 10 heteroatoms. The molecule has 1 aliphatic rings. The minimum Gasteiger partial charge on any atom is -0.322 e. The lowest BCUT2D eigenvalue weighted by atomic mass is 10.0. The normalized spacial score (nSPS) is 14.9. The van der Waals surface area contributed by atoms with Crippen LogP contribution < -0.4 is 14.3 Å². The highest BCUT2D eigenvalue weighted by Crippen LogP contribution is 2.34. The van der Waals surface area contributed by atoms with E-state index in [0.717, 1.165) is 21.1 Å². The van der Waals surface area contributed by atoms with E-state index >= 15 is 0 Å². The first kappa shape index (κ1) is 22.3. The number of halogens is 2. The summed E-state index contributed by atoms with van der Waals surface area (Å²) >= 11 is 6.44. The fourth-order valence-corrected chi connectivity index (χ4v) is 5.34. The number of anilines is 2. The van der Waals surface area contributed by atoms with Gasteiger partial charge in [-0.3, -0.25) is 14.1 Å². The predicted molar refractivity (Wildman–Crippen MR) is 131 cm³/mol. The molecule has 5 rings (SSSR count). The minimum absolute atomic E-state index is 0.148. The van der Waals surface area contributed by atoms with E-state index in [0.29, 0.717) is 22.0 Å². The molecule has 1 aromatic heterocycles. The van der Waals surface area contributed by atoms with Gasteiger partial charge in [0, 0.05) is 35.9 Å².